The second kappa shape index (κ2) is 10.8. The van der Waals surface area contributed by atoms with E-state index >= 15 is 0 Å². The summed E-state index contributed by atoms with van der Waals surface area (Å²) in [6, 6.07) is 6.76. The Balaban J connectivity index is 0.000000165. The van der Waals surface area contributed by atoms with Gasteiger partial charge in [-0.15, -0.1) is 0 Å². The SMILES string of the molecule is CC(NC1CCCCC1)C1CCCC1.Cc1ccc2c(c1)CN(C1CCC(=O)NC1=O)C2=O. The topological polar surface area (TPSA) is 78.5 Å². The first-order valence-corrected chi connectivity index (χ1v) is 12.9. The average molecular weight is 454 g/mol. The van der Waals surface area contributed by atoms with Crippen LogP contribution >= 0.6 is 0 Å². The molecule has 3 amide bonds. The summed E-state index contributed by atoms with van der Waals surface area (Å²) >= 11 is 0. The lowest BCUT2D eigenvalue weighted by atomic mass is 9.92. The lowest BCUT2D eigenvalue weighted by Crippen LogP contribution is -2.52. The zero-order chi connectivity index (χ0) is 23.4. The summed E-state index contributed by atoms with van der Waals surface area (Å²) < 4.78 is 0. The molecule has 2 aliphatic heterocycles. The largest absolute Gasteiger partial charge is 0.322 e. The summed E-state index contributed by atoms with van der Waals surface area (Å²) in [6.45, 7) is 4.83. The number of carbonyl (C=O) groups is 3. The van der Waals surface area contributed by atoms with Crippen molar-refractivity contribution in [1.82, 2.24) is 15.5 Å². The summed E-state index contributed by atoms with van der Waals surface area (Å²) in [5, 5.41) is 6.15. The Morgan fingerprint density at radius 3 is 2.36 bits per heavy atom. The number of hydrogen-bond donors (Lipinski definition) is 2. The van der Waals surface area contributed by atoms with Gasteiger partial charge in [0.1, 0.15) is 6.04 Å². The molecule has 2 atom stereocenters. The van der Waals surface area contributed by atoms with E-state index in [0.717, 1.165) is 29.1 Å². The van der Waals surface area contributed by atoms with Crippen LogP contribution in [0.15, 0.2) is 18.2 Å². The van der Waals surface area contributed by atoms with Gasteiger partial charge in [-0.3, -0.25) is 19.7 Å². The van der Waals surface area contributed by atoms with Crippen molar-refractivity contribution in [3.8, 4) is 0 Å². The van der Waals surface area contributed by atoms with Gasteiger partial charge < -0.3 is 10.2 Å². The Hall–Kier alpha value is -2.21. The number of hydrogen-bond acceptors (Lipinski definition) is 4. The predicted molar refractivity (Wildman–Crippen MR) is 129 cm³/mol. The van der Waals surface area contributed by atoms with E-state index in [1.807, 2.05) is 19.1 Å². The molecule has 2 N–H and O–H groups in total. The van der Waals surface area contributed by atoms with E-state index in [9.17, 15) is 14.4 Å². The third kappa shape index (κ3) is 5.84. The van der Waals surface area contributed by atoms with Gasteiger partial charge in [0.15, 0.2) is 0 Å². The van der Waals surface area contributed by atoms with Gasteiger partial charge in [-0.05, 0) is 63.5 Å². The van der Waals surface area contributed by atoms with E-state index in [1.54, 1.807) is 11.0 Å². The maximum absolute atomic E-state index is 12.3. The minimum atomic E-state index is -0.530. The van der Waals surface area contributed by atoms with Gasteiger partial charge in [-0.25, -0.2) is 0 Å². The molecule has 1 aromatic carbocycles. The highest BCUT2D eigenvalue weighted by molar-refractivity contribution is 6.05. The van der Waals surface area contributed by atoms with Gasteiger partial charge in [-0.1, -0.05) is 49.8 Å². The lowest BCUT2D eigenvalue weighted by Gasteiger charge is -2.29. The van der Waals surface area contributed by atoms with Crippen LogP contribution in [0.2, 0.25) is 0 Å². The molecule has 2 aliphatic carbocycles. The Bertz CT molecular complexity index is 871. The number of fused-ring (bicyclic) bond motifs is 1. The zero-order valence-electron chi connectivity index (χ0n) is 20.2. The molecule has 2 unspecified atom stereocenters. The van der Waals surface area contributed by atoms with Crippen LogP contribution in [0.3, 0.4) is 0 Å². The van der Waals surface area contributed by atoms with E-state index in [1.165, 1.54) is 57.8 Å². The summed E-state index contributed by atoms with van der Waals surface area (Å²) in [7, 11) is 0. The average Bonchev–Trinajstić information content (AvgIpc) is 3.44. The molecule has 2 saturated carbocycles. The molecule has 5 rings (SSSR count). The highest BCUT2D eigenvalue weighted by Crippen LogP contribution is 2.29. The van der Waals surface area contributed by atoms with Crippen LogP contribution in [0.1, 0.15) is 99.0 Å². The summed E-state index contributed by atoms with van der Waals surface area (Å²) in [4.78, 5) is 36.8. The summed E-state index contributed by atoms with van der Waals surface area (Å²) in [5.41, 5.74) is 2.71. The number of amides is 3. The van der Waals surface area contributed by atoms with E-state index in [-0.39, 0.29) is 24.1 Å². The highest BCUT2D eigenvalue weighted by Gasteiger charge is 2.38. The van der Waals surface area contributed by atoms with Gasteiger partial charge in [0, 0.05) is 30.6 Å². The van der Waals surface area contributed by atoms with Crippen molar-refractivity contribution in [2.75, 3.05) is 0 Å². The first-order chi connectivity index (χ1) is 15.9. The molecule has 3 fully saturated rings. The zero-order valence-corrected chi connectivity index (χ0v) is 20.2. The van der Waals surface area contributed by atoms with Crippen LogP contribution in [0.25, 0.3) is 0 Å². The fourth-order valence-corrected chi connectivity index (χ4v) is 5.94. The number of nitrogens with zero attached hydrogens (tertiary/aromatic N) is 1. The number of piperidine rings is 1. The predicted octanol–water partition coefficient (Wildman–Crippen LogP) is 4.24. The monoisotopic (exact) mass is 453 g/mol. The highest BCUT2D eigenvalue weighted by atomic mass is 16.2. The lowest BCUT2D eigenvalue weighted by molar-refractivity contribution is -0.136. The number of imide groups is 1. The fourth-order valence-electron chi connectivity index (χ4n) is 5.94. The van der Waals surface area contributed by atoms with Crippen LogP contribution in [-0.4, -0.2) is 40.7 Å². The maximum Gasteiger partial charge on any atom is 0.255 e. The molecule has 0 spiro atoms. The number of rotatable bonds is 4. The van der Waals surface area contributed by atoms with Gasteiger partial charge in [-0.2, -0.15) is 0 Å². The van der Waals surface area contributed by atoms with Crippen molar-refractivity contribution in [3.05, 3.63) is 34.9 Å². The molecular weight excluding hydrogens is 414 g/mol. The fraction of sp³-hybridized carbons (Fsp3) is 0.667. The Kier molecular flexibility index (Phi) is 7.84. The van der Waals surface area contributed by atoms with Crippen molar-refractivity contribution in [2.24, 2.45) is 5.92 Å². The molecule has 0 radical (unpaired) electrons. The van der Waals surface area contributed by atoms with Crippen LogP contribution < -0.4 is 10.6 Å². The Morgan fingerprint density at radius 1 is 0.970 bits per heavy atom. The minimum absolute atomic E-state index is 0.121. The maximum atomic E-state index is 12.3. The quantitative estimate of drug-likeness (QED) is 0.669. The van der Waals surface area contributed by atoms with Gasteiger partial charge in [0.25, 0.3) is 5.91 Å². The van der Waals surface area contributed by atoms with E-state index in [0.29, 0.717) is 18.5 Å². The van der Waals surface area contributed by atoms with Crippen LogP contribution in [0, 0.1) is 12.8 Å². The van der Waals surface area contributed by atoms with Crippen LogP contribution in [0.5, 0.6) is 0 Å². The second-order valence-corrected chi connectivity index (χ2v) is 10.4. The van der Waals surface area contributed by atoms with Gasteiger partial charge in [0.05, 0.1) is 0 Å². The Labute approximate surface area is 197 Å². The van der Waals surface area contributed by atoms with E-state index < -0.39 is 6.04 Å². The van der Waals surface area contributed by atoms with Crippen molar-refractivity contribution in [2.45, 2.75) is 109 Å². The van der Waals surface area contributed by atoms with Crippen molar-refractivity contribution >= 4 is 17.7 Å². The van der Waals surface area contributed by atoms with Crippen LogP contribution in [-0.2, 0) is 16.1 Å². The number of aryl methyl sites for hydroxylation is 1. The van der Waals surface area contributed by atoms with E-state index in [4.69, 9.17) is 0 Å². The smallest absolute Gasteiger partial charge is 0.255 e. The molecule has 1 saturated heterocycles. The molecule has 6 nitrogen and oxygen atoms in total. The van der Waals surface area contributed by atoms with E-state index in [2.05, 4.69) is 17.6 Å². The first kappa shape index (κ1) is 23.9. The molecule has 33 heavy (non-hydrogen) atoms. The molecule has 1 aromatic rings. The van der Waals surface area contributed by atoms with Crippen molar-refractivity contribution < 1.29 is 14.4 Å². The summed E-state index contributed by atoms with van der Waals surface area (Å²) in [6.07, 6.45) is 13.8. The molecule has 4 aliphatic rings. The third-order valence-corrected chi connectivity index (χ3v) is 7.89. The number of nitrogens with one attached hydrogen (secondary N) is 2. The molecule has 180 valence electrons. The Morgan fingerprint density at radius 2 is 1.67 bits per heavy atom. The standard InChI is InChI=1S/C14H14N2O3.C13H25N/c1-8-2-3-10-9(6-8)7-16(14(10)19)11-4-5-12(17)15-13(11)18;1-11(12-7-5-6-8-12)14-13-9-3-2-4-10-13/h2-3,6,11H,4-5,7H2,1H3,(H,15,17,18);11-14H,2-10H2,1H3. The normalized spacial score (nSPS) is 24.8. The van der Waals surface area contributed by atoms with Gasteiger partial charge >= 0.3 is 0 Å². The van der Waals surface area contributed by atoms with Crippen molar-refractivity contribution in [1.29, 1.82) is 0 Å². The molecular formula is C27H39N3O3. The van der Waals surface area contributed by atoms with Crippen molar-refractivity contribution in [3.63, 3.8) is 0 Å². The number of carbonyl (C=O) groups excluding carboxylic acids is 3. The van der Waals surface area contributed by atoms with Gasteiger partial charge in [0.2, 0.25) is 11.8 Å². The summed E-state index contributed by atoms with van der Waals surface area (Å²) in [5.74, 6) is 0.233. The third-order valence-electron chi connectivity index (χ3n) is 7.89. The minimum Gasteiger partial charge on any atom is -0.322 e. The van der Waals surface area contributed by atoms with Crippen LogP contribution in [0.4, 0.5) is 0 Å². The first-order valence-electron chi connectivity index (χ1n) is 12.9. The number of benzene rings is 1. The molecule has 0 bridgehead atoms. The second-order valence-electron chi connectivity index (χ2n) is 10.4. The molecule has 0 aromatic heterocycles. The molecule has 6 heteroatoms. The molecule has 2 heterocycles.